The van der Waals surface area contributed by atoms with Crippen LogP contribution in [0.5, 0.6) is 0 Å². The normalized spacial score (nSPS) is 11.3. The van der Waals surface area contributed by atoms with Crippen LogP contribution in [-0.4, -0.2) is 26.6 Å². The number of carbonyl (C=O) groups is 1. The average molecular weight is 425 g/mol. The molecule has 0 saturated heterocycles. The third-order valence-electron chi connectivity index (χ3n) is 3.41. The fraction of sp³-hybridized carbons (Fsp3) is 0.111. The lowest BCUT2D eigenvalue weighted by molar-refractivity contribution is -0.141. The van der Waals surface area contributed by atoms with Gasteiger partial charge >= 0.3 is 6.18 Å². The van der Waals surface area contributed by atoms with Crippen molar-refractivity contribution < 1.29 is 18.0 Å². The van der Waals surface area contributed by atoms with Gasteiger partial charge in [-0.2, -0.15) is 13.2 Å². The van der Waals surface area contributed by atoms with E-state index in [1.165, 1.54) is 6.20 Å². The second kappa shape index (κ2) is 8.57. The van der Waals surface area contributed by atoms with Crippen molar-refractivity contribution in [2.75, 3.05) is 11.1 Å². The fourth-order valence-electron chi connectivity index (χ4n) is 2.17. The largest absolute Gasteiger partial charge is 0.433 e. The zero-order valence-electron chi connectivity index (χ0n) is 14.1. The molecule has 1 amide bonds. The Hall–Kier alpha value is -2.65. The highest BCUT2D eigenvalue weighted by molar-refractivity contribution is 7.99. The smallest absolute Gasteiger partial charge is 0.324 e. The van der Waals surface area contributed by atoms with Gasteiger partial charge in [-0.3, -0.25) is 9.78 Å². The van der Waals surface area contributed by atoms with Crippen LogP contribution < -0.4 is 5.32 Å². The Balaban J connectivity index is 1.80. The number of hydrogen-bond donors (Lipinski definition) is 1. The van der Waals surface area contributed by atoms with E-state index in [0.29, 0.717) is 16.3 Å². The molecule has 0 aliphatic carbocycles. The van der Waals surface area contributed by atoms with E-state index in [2.05, 4.69) is 20.3 Å². The van der Waals surface area contributed by atoms with E-state index >= 15 is 0 Å². The van der Waals surface area contributed by atoms with E-state index in [0.717, 1.165) is 17.8 Å². The van der Waals surface area contributed by atoms with Gasteiger partial charge in [-0.15, -0.1) is 0 Å². The highest BCUT2D eigenvalue weighted by Gasteiger charge is 2.34. The summed E-state index contributed by atoms with van der Waals surface area (Å²) in [6.07, 6.45) is -1.63. The van der Waals surface area contributed by atoms with Crippen molar-refractivity contribution in [3.8, 4) is 11.3 Å². The van der Waals surface area contributed by atoms with Crippen LogP contribution in [0.25, 0.3) is 11.3 Å². The lowest BCUT2D eigenvalue weighted by Gasteiger charge is -2.10. The van der Waals surface area contributed by atoms with Crippen molar-refractivity contribution in [3.63, 3.8) is 0 Å². The zero-order valence-corrected chi connectivity index (χ0v) is 15.6. The lowest BCUT2D eigenvalue weighted by Crippen LogP contribution is -2.15. The number of anilines is 1. The maximum Gasteiger partial charge on any atom is 0.433 e. The molecule has 0 unspecified atom stereocenters. The predicted octanol–water partition coefficient (Wildman–Crippen LogP) is 4.94. The SMILES string of the molecule is O=C(CSc1nc(-c2ccc(Cl)cc2)cc(C(F)(F)F)n1)Nc1cccnc1. The van der Waals surface area contributed by atoms with Crippen LogP contribution >= 0.6 is 23.4 Å². The molecule has 2 heterocycles. The van der Waals surface area contributed by atoms with Gasteiger partial charge in [0.2, 0.25) is 5.91 Å². The molecule has 0 radical (unpaired) electrons. The van der Waals surface area contributed by atoms with Crippen LogP contribution in [0.4, 0.5) is 18.9 Å². The van der Waals surface area contributed by atoms with Crippen LogP contribution in [0.2, 0.25) is 5.02 Å². The number of rotatable bonds is 5. The average Bonchev–Trinajstić information content (AvgIpc) is 2.67. The van der Waals surface area contributed by atoms with Crippen LogP contribution in [0.15, 0.2) is 60.0 Å². The molecule has 3 rings (SSSR count). The first kappa shape index (κ1) is 20.1. The zero-order chi connectivity index (χ0) is 20.1. The molecule has 1 aromatic carbocycles. The molecule has 5 nitrogen and oxygen atoms in total. The summed E-state index contributed by atoms with van der Waals surface area (Å²) in [4.78, 5) is 23.6. The third kappa shape index (κ3) is 5.43. The van der Waals surface area contributed by atoms with Crippen LogP contribution in [-0.2, 0) is 11.0 Å². The number of aromatic nitrogens is 3. The predicted molar refractivity (Wildman–Crippen MR) is 101 cm³/mol. The Labute approximate surface area is 167 Å². The van der Waals surface area contributed by atoms with Crippen molar-refractivity contribution in [1.82, 2.24) is 15.0 Å². The van der Waals surface area contributed by atoms with Crippen LogP contribution in [0.1, 0.15) is 5.69 Å². The van der Waals surface area contributed by atoms with E-state index in [1.54, 1.807) is 42.6 Å². The summed E-state index contributed by atoms with van der Waals surface area (Å²) >= 11 is 6.63. The van der Waals surface area contributed by atoms with Gasteiger partial charge in [-0.25, -0.2) is 9.97 Å². The maximum absolute atomic E-state index is 13.2. The number of benzene rings is 1. The molecule has 1 N–H and O–H groups in total. The first-order valence-electron chi connectivity index (χ1n) is 7.86. The number of nitrogens with one attached hydrogen (secondary N) is 1. The molecule has 2 aromatic heterocycles. The van der Waals surface area contributed by atoms with Crippen molar-refractivity contribution >= 4 is 35.0 Å². The summed E-state index contributed by atoms with van der Waals surface area (Å²) < 4.78 is 39.6. The van der Waals surface area contributed by atoms with E-state index < -0.39 is 17.8 Å². The Bertz CT molecular complexity index is 969. The highest BCUT2D eigenvalue weighted by atomic mass is 35.5. The molecule has 0 atom stereocenters. The molecule has 0 aliphatic rings. The Morgan fingerprint density at radius 1 is 1.14 bits per heavy atom. The second-order valence-corrected chi connectivity index (χ2v) is 6.88. The highest BCUT2D eigenvalue weighted by Crippen LogP contribution is 2.32. The number of alkyl halides is 3. The van der Waals surface area contributed by atoms with Crippen LogP contribution in [0, 0.1) is 0 Å². The van der Waals surface area contributed by atoms with Gasteiger partial charge in [-0.05, 0) is 30.3 Å². The van der Waals surface area contributed by atoms with E-state index in [1.807, 2.05) is 0 Å². The van der Waals surface area contributed by atoms with Gasteiger partial charge in [0.05, 0.1) is 23.3 Å². The number of thioether (sulfide) groups is 1. The number of hydrogen-bond acceptors (Lipinski definition) is 5. The molecule has 0 aliphatic heterocycles. The second-order valence-electron chi connectivity index (χ2n) is 5.50. The van der Waals surface area contributed by atoms with Gasteiger partial charge in [-0.1, -0.05) is 35.5 Å². The van der Waals surface area contributed by atoms with Gasteiger partial charge in [0.15, 0.2) is 5.16 Å². The minimum absolute atomic E-state index is 0.0918. The molecule has 0 saturated carbocycles. The van der Waals surface area contributed by atoms with Crippen molar-refractivity contribution in [3.05, 3.63) is 65.6 Å². The van der Waals surface area contributed by atoms with E-state index in [-0.39, 0.29) is 16.6 Å². The topological polar surface area (TPSA) is 67.8 Å². The van der Waals surface area contributed by atoms with Gasteiger partial charge < -0.3 is 5.32 Å². The van der Waals surface area contributed by atoms with Crippen molar-refractivity contribution in [1.29, 1.82) is 0 Å². The number of carbonyl (C=O) groups excluding carboxylic acids is 1. The first-order chi connectivity index (χ1) is 13.3. The molecule has 10 heteroatoms. The summed E-state index contributed by atoms with van der Waals surface area (Å²) in [5, 5.41) is 2.90. The molecule has 144 valence electrons. The summed E-state index contributed by atoms with van der Waals surface area (Å²) in [6, 6.07) is 10.4. The number of pyridine rings is 1. The molecule has 0 fully saturated rings. The fourth-order valence-corrected chi connectivity index (χ4v) is 2.95. The minimum atomic E-state index is -4.64. The molecular weight excluding hydrogens is 413 g/mol. The van der Waals surface area contributed by atoms with Gasteiger partial charge in [0.25, 0.3) is 0 Å². The van der Waals surface area contributed by atoms with Crippen molar-refractivity contribution in [2.45, 2.75) is 11.3 Å². The molecule has 3 aromatic rings. The van der Waals surface area contributed by atoms with E-state index in [4.69, 9.17) is 11.6 Å². The van der Waals surface area contributed by atoms with Crippen molar-refractivity contribution in [2.24, 2.45) is 0 Å². The Morgan fingerprint density at radius 3 is 2.54 bits per heavy atom. The Kier molecular flexibility index (Phi) is 6.15. The third-order valence-corrected chi connectivity index (χ3v) is 4.51. The molecule has 28 heavy (non-hydrogen) atoms. The number of halogens is 4. The molecule has 0 bridgehead atoms. The summed E-state index contributed by atoms with van der Waals surface area (Å²) in [6.45, 7) is 0. The number of nitrogens with zero attached hydrogens (tertiary/aromatic N) is 3. The van der Waals surface area contributed by atoms with Gasteiger partial charge in [0, 0.05) is 16.8 Å². The molecular formula is C18H12ClF3N4OS. The summed E-state index contributed by atoms with van der Waals surface area (Å²) in [5.74, 6) is -0.567. The standard InChI is InChI=1S/C18H12ClF3N4OS/c19-12-5-3-11(4-6-12)14-8-15(18(20,21)22)26-17(25-14)28-10-16(27)24-13-2-1-7-23-9-13/h1-9H,10H2,(H,24,27). The lowest BCUT2D eigenvalue weighted by atomic mass is 10.1. The monoisotopic (exact) mass is 424 g/mol. The van der Waals surface area contributed by atoms with Crippen LogP contribution in [0.3, 0.4) is 0 Å². The van der Waals surface area contributed by atoms with E-state index in [9.17, 15) is 18.0 Å². The minimum Gasteiger partial charge on any atom is -0.324 e. The molecule has 0 spiro atoms. The number of amides is 1. The first-order valence-corrected chi connectivity index (χ1v) is 9.22. The van der Waals surface area contributed by atoms with Gasteiger partial charge in [0.1, 0.15) is 5.69 Å². The Morgan fingerprint density at radius 2 is 1.89 bits per heavy atom. The summed E-state index contributed by atoms with van der Waals surface area (Å²) in [7, 11) is 0. The summed E-state index contributed by atoms with van der Waals surface area (Å²) in [5.41, 5.74) is -0.0457. The maximum atomic E-state index is 13.2. The quantitative estimate of drug-likeness (QED) is 0.464.